The molecule has 0 radical (unpaired) electrons. The highest BCUT2D eigenvalue weighted by Gasteiger charge is 2.27. The van der Waals surface area contributed by atoms with Crippen LogP contribution >= 0.6 is 0 Å². The van der Waals surface area contributed by atoms with Gasteiger partial charge in [0.15, 0.2) is 0 Å². The van der Waals surface area contributed by atoms with Crippen molar-refractivity contribution in [1.29, 1.82) is 0 Å². The van der Waals surface area contributed by atoms with Crippen LogP contribution in [0.3, 0.4) is 0 Å². The fourth-order valence-corrected chi connectivity index (χ4v) is 4.46. The lowest BCUT2D eigenvalue weighted by molar-refractivity contribution is -0.129. The van der Waals surface area contributed by atoms with Crippen LogP contribution in [0.15, 0.2) is 65.8 Å². The van der Waals surface area contributed by atoms with E-state index in [9.17, 15) is 13.2 Å². The van der Waals surface area contributed by atoms with Gasteiger partial charge in [-0.25, -0.2) is 18.6 Å². The number of aromatic nitrogens is 3. The summed E-state index contributed by atoms with van der Waals surface area (Å²) < 4.78 is 34.7. The molecule has 2 N–H and O–H groups in total. The molecule has 0 aliphatic heterocycles. The van der Waals surface area contributed by atoms with Crippen molar-refractivity contribution in [1.82, 2.24) is 24.8 Å². The first kappa shape index (κ1) is 21.9. The Kier molecular flexibility index (Phi) is 6.49. The first-order valence-electron chi connectivity index (χ1n) is 10.1. The van der Waals surface area contributed by atoms with E-state index < -0.39 is 22.5 Å². The van der Waals surface area contributed by atoms with E-state index in [1.54, 1.807) is 53.5 Å². The third-order valence-corrected chi connectivity index (χ3v) is 6.88. The van der Waals surface area contributed by atoms with Gasteiger partial charge in [0, 0.05) is 6.54 Å². The predicted molar refractivity (Wildman–Crippen MR) is 114 cm³/mol. The molecule has 1 aliphatic carbocycles. The van der Waals surface area contributed by atoms with Crippen LogP contribution in [0.1, 0.15) is 18.4 Å². The summed E-state index contributed by atoms with van der Waals surface area (Å²) in [5, 5.41) is 16.6. The molecule has 1 amide bonds. The minimum atomic E-state index is -4.02. The number of carbonyl (C=O) groups is 1. The first-order valence-corrected chi connectivity index (χ1v) is 11.5. The zero-order chi connectivity index (χ0) is 22.6. The van der Waals surface area contributed by atoms with Crippen LogP contribution in [0.2, 0.25) is 0 Å². The number of rotatable bonds is 10. The summed E-state index contributed by atoms with van der Waals surface area (Å²) in [6.45, 7) is 0.0242. The highest BCUT2D eigenvalue weighted by Crippen LogP contribution is 2.30. The summed E-state index contributed by atoms with van der Waals surface area (Å²) >= 11 is 0. The molecule has 10 nitrogen and oxygen atoms in total. The Morgan fingerprint density at radius 3 is 2.47 bits per heavy atom. The summed E-state index contributed by atoms with van der Waals surface area (Å²) in [6.07, 6.45) is 5.57. The Balaban J connectivity index is 1.52. The first-order chi connectivity index (χ1) is 15.5. The second-order valence-corrected chi connectivity index (χ2v) is 9.49. The van der Waals surface area contributed by atoms with Gasteiger partial charge in [0.05, 0.1) is 36.1 Å². The fourth-order valence-electron chi connectivity index (χ4n) is 3.08. The van der Waals surface area contributed by atoms with Gasteiger partial charge >= 0.3 is 0 Å². The Morgan fingerprint density at radius 2 is 1.88 bits per heavy atom. The molecule has 1 aromatic heterocycles. The van der Waals surface area contributed by atoms with E-state index in [-0.39, 0.29) is 11.4 Å². The van der Waals surface area contributed by atoms with E-state index in [1.807, 2.05) is 0 Å². The minimum absolute atomic E-state index is 0.0289. The van der Waals surface area contributed by atoms with Crippen LogP contribution in [-0.2, 0) is 21.4 Å². The molecule has 0 bridgehead atoms. The molecule has 1 fully saturated rings. The number of hydrogen-bond acceptors (Lipinski definition) is 7. The molecule has 11 heteroatoms. The van der Waals surface area contributed by atoms with Crippen molar-refractivity contribution in [2.75, 3.05) is 13.2 Å². The van der Waals surface area contributed by atoms with Crippen LogP contribution < -0.4 is 10.2 Å². The quantitative estimate of drug-likeness (QED) is 0.351. The number of benzene rings is 2. The molecule has 0 spiro atoms. The van der Waals surface area contributed by atoms with Gasteiger partial charge in [0.2, 0.25) is 10.0 Å². The number of amides is 1. The summed E-state index contributed by atoms with van der Waals surface area (Å²) in [5.74, 6) is 0.346. The van der Waals surface area contributed by atoms with Gasteiger partial charge in [0.1, 0.15) is 5.75 Å². The van der Waals surface area contributed by atoms with Crippen LogP contribution in [0, 0.1) is 5.92 Å². The smallest absolute Gasteiger partial charge is 0.258 e. The average Bonchev–Trinajstić information content (AvgIpc) is 3.48. The number of hydroxylamine groups is 1. The maximum Gasteiger partial charge on any atom is 0.258 e. The molecule has 1 heterocycles. The van der Waals surface area contributed by atoms with Gasteiger partial charge in [-0.2, -0.15) is 4.31 Å². The molecular weight excluding hydrogens is 434 g/mol. The summed E-state index contributed by atoms with van der Waals surface area (Å²) in [7, 11) is -4.02. The van der Waals surface area contributed by atoms with Gasteiger partial charge in [-0.3, -0.25) is 10.0 Å². The van der Waals surface area contributed by atoms with Gasteiger partial charge in [0.25, 0.3) is 5.91 Å². The number of sulfonamides is 1. The number of carbonyl (C=O) groups excluding carboxylic acids is 1. The number of ether oxygens (including phenoxy) is 1. The van der Waals surface area contributed by atoms with E-state index in [0.29, 0.717) is 23.8 Å². The molecular formula is C21H23N5O5S. The molecule has 4 rings (SSSR count). The van der Waals surface area contributed by atoms with E-state index in [0.717, 1.165) is 22.8 Å². The second kappa shape index (κ2) is 9.47. The minimum Gasteiger partial charge on any atom is -0.493 e. The molecule has 0 saturated heterocycles. The molecule has 3 aromatic rings. The maximum atomic E-state index is 13.2. The highest BCUT2D eigenvalue weighted by atomic mass is 32.2. The normalized spacial score (nSPS) is 13.8. The van der Waals surface area contributed by atoms with Crippen LogP contribution in [-0.4, -0.2) is 52.0 Å². The van der Waals surface area contributed by atoms with E-state index in [4.69, 9.17) is 9.94 Å². The Hall–Kier alpha value is -3.28. The van der Waals surface area contributed by atoms with E-state index in [2.05, 4.69) is 10.3 Å². The predicted octanol–water partition coefficient (Wildman–Crippen LogP) is 1.75. The van der Waals surface area contributed by atoms with Crippen molar-refractivity contribution < 1.29 is 23.2 Å². The fraction of sp³-hybridized carbons (Fsp3) is 0.286. The zero-order valence-electron chi connectivity index (χ0n) is 17.2. The van der Waals surface area contributed by atoms with Gasteiger partial charge in [-0.1, -0.05) is 17.3 Å². The summed E-state index contributed by atoms with van der Waals surface area (Å²) in [4.78, 5) is 11.8. The van der Waals surface area contributed by atoms with Crippen molar-refractivity contribution in [2.24, 2.45) is 5.92 Å². The Bertz CT molecular complexity index is 1140. The van der Waals surface area contributed by atoms with Crippen molar-refractivity contribution in [2.45, 2.75) is 24.3 Å². The molecule has 1 saturated carbocycles. The monoisotopic (exact) mass is 457 g/mol. The largest absolute Gasteiger partial charge is 0.493 e. The highest BCUT2D eigenvalue weighted by molar-refractivity contribution is 7.89. The topological polar surface area (TPSA) is 127 Å². The average molecular weight is 458 g/mol. The molecule has 0 unspecified atom stereocenters. The van der Waals surface area contributed by atoms with Crippen molar-refractivity contribution in [3.63, 3.8) is 0 Å². The number of nitrogens with one attached hydrogen (secondary N) is 1. The van der Waals surface area contributed by atoms with Crippen molar-refractivity contribution in [3.8, 4) is 11.4 Å². The van der Waals surface area contributed by atoms with E-state index in [1.165, 1.54) is 17.6 Å². The van der Waals surface area contributed by atoms with Crippen molar-refractivity contribution in [3.05, 3.63) is 66.5 Å². The number of nitrogens with zero attached hydrogens (tertiary/aromatic N) is 4. The van der Waals surface area contributed by atoms with E-state index >= 15 is 0 Å². The Labute approximate surface area is 185 Å². The standard InChI is InChI=1S/C21H23N5O5S/c27-21(23-28)14-25(13-16-3-5-18(6-4-16)26-12-11-22-24-26)32(29,30)20-9-7-19(8-10-20)31-15-17-1-2-17/h3-12,17,28H,1-2,13-15H2,(H,23,27). The van der Waals surface area contributed by atoms with Crippen LogP contribution in [0.4, 0.5) is 0 Å². The van der Waals surface area contributed by atoms with Crippen LogP contribution in [0.25, 0.3) is 5.69 Å². The lowest BCUT2D eigenvalue weighted by Gasteiger charge is -2.21. The van der Waals surface area contributed by atoms with Gasteiger partial charge < -0.3 is 4.74 Å². The Morgan fingerprint density at radius 1 is 1.16 bits per heavy atom. The zero-order valence-corrected chi connectivity index (χ0v) is 18.0. The van der Waals surface area contributed by atoms with Gasteiger partial charge in [-0.05, 0) is 60.7 Å². The third kappa shape index (κ3) is 5.31. The third-order valence-electron chi connectivity index (χ3n) is 5.07. The molecule has 0 atom stereocenters. The number of hydrogen-bond donors (Lipinski definition) is 2. The lowest BCUT2D eigenvalue weighted by atomic mass is 10.2. The van der Waals surface area contributed by atoms with Crippen LogP contribution in [0.5, 0.6) is 5.75 Å². The maximum absolute atomic E-state index is 13.2. The summed E-state index contributed by atoms with van der Waals surface area (Å²) in [5.41, 5.74) is 2.91. The van der Waals surface area contributed by atoms with Crippen molar-refractivity contribution >= 4 is 15.9 Å². The SMILES string of the molecule is O=C(CN(Cc1ccc(-n2ccnn2)cc1)S(=O)(=O)c1ccc(OCC2CC2)cc1)NO. The molecule has 168 valence electrons. The molecule has 2 aromatic carbocycles. The molecule has 32 heavy (non-hydrogen) atoms. The molecule has 1 aliphatic rings. The lowest BCUT2D eigenvalue weighted by Crippen LogP contribution is -2.39. The van der Waals surface area contributed by atoms with Gasteiger partial charge in [-0.15, -0.1) is 5.10 Å². The summed E-state index contributed by atoms with van der Waals surface area (Å²) in [6, 6.07) is 13.1. The second-order valence-electron chi connectivity index (χ2n) is 7.55.